The summed E-state index contributed by atoms with van der Waals surface area (Å²) in [5.41, 5.74) is 1.35. The van der Waals surface area contributed by atoms with Gasteiger partial charge < -0.3 is 5.32 Å². The van der Waals surface area contributed by atoms with E-state index in [1.54, 1.807) is 0 Å². The normalized spacial score (nSPS) is 15.5. The smallest absolute Gasteiger partial charge is 0.0300 e. The molecule has 0 aromatic carbocycles. The molecule has 0 saturated carbocycles. The number of rotatable bonds is 6. The summed E-state index contributed by atoms with van der Waals surface area (Å²) in [5, 5.41) is 3.45. The van der Waals surface area contributed by atoms with Gasteiger partial charge in [0.05, 0.1) is 0 Å². The predicted octanol–water partition coefficient (Wildman–Crippen LogP) is 2.93. The van der Waals surface area contributed by atoms with Crippen LogP contribution in [0.4, 0.5) is 0 Å². The number of piperidine rings is 1. The highest BCUT2D eigenvalue weighted by atomic mass is 35.5. The Kier molecular flexibility index (Phi) is 11.1. The van der Waals surface area contributed by atoms with Gasteiger partial charge in [-0.05, 0) is 56.9 Å². The largest absolute Gasteiger partial charge is 0.317 e. The van der Waals surface area contributed by atoms with Gasteiger partial charge in [-0.25, -0.2) is 0 Å². The van der Waals surface area contributed by atoms with Crippen molar-refractivity contribution < 1.29 is 0 Å². The van der Waals surface area contributed by atoms with Crippen molar-refractivity contribution in [2.75, 3.05) is 26.2 Å². The minimum atomic E-state index is 0. The Morgan fingerprint density at radius 1 is 1.25 bits per heavy atom. The molecule has 1 saturated heterocycles. The zero-order valence-corrected chi connectivity index (χ0v) is 13.9. The van der Waals surface area contributed by atoms with Crippen LogP contribution in [0.5, 0.6) is 0 Å². The Bertz CT molecular complexity index is 329. The van der Waals surface area contributed by atoms with Gasteiger partial charge in [-0.15, -0.1) is 24.8 Å². The first-order chi connectivity index (χ1) is 8.90. The van der Waals surface area contributed by atoms with Crippen molar-refractivity contribution in [1.29, 1.82) is 0 Å². The van der Waals surface area contributed by atoms with Crippen LogP contribution < -0.4 is 5.32 Å². The second-order valence-corrected chi connectivity index (χ2v) is 5.13. The monoisotopic (exact) mass is 319 g/mol. The maximum absolute atomic E-state index is 4.19. The van der Waals surface area contributed by atoms with E-state index >= 15 is 0 Å². The maximum Gasteiger partial charge on any atom is 0.0300 e. The maximum atomic E-state index is 4.19. The summed E-state index contributed by atoms with van der Waals surface area (Å²) in [7, 11) is 0. The molecule has 1 aromatic heterocycles. The van der Waals surface area contributed by atoms with Crippen LogP contribution in [-0.2, 0) is 6.42 Å². The molecule has 1 N–H and O–H groups in total. The molecule has 0 amide bonds. The lowest BCUT2D eigenvalue weighted by molar-refractivity contribution is 0.164. The summed E-state index contributed by atoms with van der Waals surface area (Å²) in [6.45, 7) is 7.03. The van der Waals surface area contributed by atoms with Gasteiger partial charge in [-0.3, -0.25) is 9.88 Å². The third kappa shape index (κ3) is 6.40. The van der Waals surface area contributed by atoms with Crippen molar-refractivity contribution in [3.8, 4) is 0 Å². The zero-order valence-electron chi connectivity index (χ0n) is 12.3. The number of hydrogen-bond acceptors (Lipinski definition) is 3. The second-order valence-electron chi connectivity index (χ2n) is 5.13. The van der Waals surface area contributed by atoms with Crippen molar-refractivity contribution in [2.24, 2.45) is 0 Å². The Labute approximate surface area is 135 Å². The molecule has 116 valence electrons. The van der Waals surface area contributed by atoms with Gasteiger partial charge in [0.1, 0.15) is 0 Å². The molecule has 0 spiro atoms. The van der Waals surface area contributed by atoms with Gasteiger partial charge in [0.15, 0.2) is 0 Å². The first-order valence-electron chi connectivity index (χ1n) is 7.24. The van der Waals surface area contributed by atoms with E-state index in [2.05, 4.69) is 28.2 Å². The molecule has 0 radical (unpaired) electrons. The lowest BCUT2D eigenvalue weighted by atomic mass is 10.0. The molecule has 0 unspecified atom stereocenters. The van der Waals surface area contributed by atoms with E-state index in [4.69, 9.17) is 0 Å². The molecule has 2 rings (SSSR count). The van der Waals surface area contributed by atoms with Gasteiger partial charge >= 0.3 is 0 Å². The molecule has 0 bridgehead atoms. The van der Waals surface area contributed by atoms with Crippen molar-refractivity contribution in [3.05, 3.63) is 30.1 Å². The molecule has 1 aromatic rings. The molecular weight excluding hydrogens is 293 g/mol. The summed E-state index contributed by atoms with van der Waals surface area (Å²) in [5.74, 6) is 0. The quantitative estimate of drug-likeness (QED) is 0.873. The molecule has 5 heteroatoms. The molecule has 3 nitrogen and oxygen atoms in total. The van der Waals surface area contributed by atoms with Crippen molar-refractivity contribution in [1.82, 2.24) is 15.2 Å². The van der Waals surface area contributed by atoms with Crippen LogP contribution in [-0.4, -0.2) is 42.1 Å². The number of pyridine rings is 1. The first-order valence-corrected chi connectivity index (χ1v) is 7.24. The van der Waals surface area contributed by atoms with Crippen LogP contribution in [0, 0.1) is 0 Å². The van der Waals surface area contributed by atoms with Gasteiger partial charge in [-0.2, -0.15) is 0 Å². The van der Waals surface area contributed by atoms with Crippen LogP contribution in [0.25, 0.3) is 0 Å². The van der Waals surface area contributed by atoms with E-state index in [0.29, 0.717) is 0 Å². The Balaban J connectivity index is 0.00000180. The van der Waals surface area contributed by atoms with Crippen LogP contribution in [0.1, 0.15) is 31.7 Å². The molecule has 0 atom stereocenters. The third-order valence-electron chi connectivity index (χ3n) is 3.75. The van der Waals surface area contributed by atoms with Crippen LogP contribution >= 0.6 is 24.8 Å². The van der Waals surface area contributed by atoms with Crippen LogP contribution in [0.3, 0.4) is 0 Å². The highest BCUT2D eigenvalue weighted by molar-refractivity contribution is 5.85. The van der Waals surface area contributed by atoms with E-state index in [0.717, 1.165) is 12.5 Å². The summed E-state index contributed by atoms with van der Waals surface area (Å²) in [6, 6.07) is 4.99. The number of nitrogens with one attached hydrogen (secondary N) is 1. The highest BCUT2D eigenvalue weighted by Crippen LogP contribution is 2.13. The van der Waals surface area contributed by atoms with Gasteiger partial charge in [0.2, 0.25) is 0 Å². The molecule has 2 heterocycles. The van der Waals surface area contributed by atoms with E-state index in [1.165, 1.54) is 51.0 Å². The Hall–Kier alpha value is -0.350. The minimum Gasteiger partial charge on any atom is -0.317 e. The Morgan fingerprint density at radius 3 is 2.60 bits per heavy atom. The molecule has 20 heavy (non-hydrogen) atoms. The van der Waals surface area contributed by atoms with Gasteiger partial charge in [0.25, 0.3) is 0 Å². The third-order valence-corrected chi connectivity index (χ3v) is 3.75. The van der Waals surface area contributed by atoms with Crippen molar-refractivity contribution in [2.45, 2.75) is 38.6 Å². The molecular formula is C15H27Cl2N3. The topological polar surface area (TPSA) is 28.2 Å². The predicted molar refractivity (Wildman–Crippen MR) is 90.2 cm³/mol. The van der Waals surface area contributed by atoms with Gasteiger partial charge in [0, 0.05) is 25.0 Å². The average Bonchev–Trinajstić information content (AvgIpc) is 2.45. The number of halogens is 2. The fourth-order valence-corrected chi connectivity index (χ4v) is 2.75. The fourth-order valence-electron chi connectivity index (χ4n) is 2.75. The summed E-state index contributed by atoms with van der Waals surface area (Å²) in [4.78, 5) is 6.87. The first kappa shape index (κ1) is 19.7. The lowest BCUT2D eigenvalue weighted by Gasteiger charge is -2.34. The lowest BCUT2D eigenvalue weighted by Crippen LogP contribution is -2.44. The summed E-state index contributed by atoms with van der Waals surface area (Å²) in [6.07, 6.45) is 8.81. The number of aromatic nitrogens is 1. The number of hydrogen-bond donors (Lipinski definition) is 1. The minimum absolute atomic E-state index is 0. The SMILES string of the molecule is CCCN(CCc1cccnc1)C1CCNCC1.Cl.Cl. The van der Waals surface area contributed by atoms with E-state index < -0.39 is 0 Å². The van der Waals surface area contributed by atoms with Crippen molar-refractivity contribution >= 4 is 24.8 Å². The molecule has 0 aliphatic carbocycles. The Morgan fingerprint density at radius 2 is 2.00 bits per heavy atom. The van der Waals surface area contributed by atoms with Gasteiger partial charge in [-0.1, -0.05) is 13.0 Å². The molecule has 1 aliphatic rings. The standard InChI is InChI=1S/C15H25N3.2ClH/c1-2-11-18(15-5-9-16-10-6-15)12-7-14-4-3-8-17-13-14;;/h3-4,8,13,15-16H,2,5-7,9-12H2,1H3;2*1H. The average molecular weight is 320 g/mol. The van der Waals surface area contributed by atoms with Crippen LogP contribution in [0.2, 0.25) is 0 Å². The number of nitrogens with zero attached hydrogens (tertiary/aromatic N) is 2. The second kappa shape index (κ2) is 11.3. The van der Waals surface area contributed by atoms with Crippen LogP contribution in [0.15, 0.2) is 24.5 Å². The molecule has 1 fully saturated rings. The van der Waals surface area contributed by atoms with E-state index in [1.807, 2.05) is 18.5 Å². The molecule has 1 aliphatic heterocycles. The zero-order chi connectivity index (χ0) is 12.6. The van der Waals surface area contributed by atoms with E-state index in [9.17, 15) is 0 Å². The summed E-state index contributed by atoms with van der Waals surface area (Å²) < 4.78 is 0. The van der Waals surface area contributed by atoms with Crippen molar-refractivity contribution in [3.63, 3.8) is 0 Å². The van der Waals surface area contributed by atoms with E-state index in [-0.39, 0.29) is 24.8 Å². The fraction of sp³-hybridized carbons (Fsp3) is 0.667. The summed E-state index contributed by atoms with van der Waals surface area (Å²) >= 11 is 0. The highest BCUT2D eigenvalue weighted by Gasteiger charge is 2.19.